The minimum atomic E-state index is -0.257. The molecule has 3 amide bonds. The summed E-state index contributed by atoms with van der Waals surface area (Å²) < 4.78 is 0. The fourth-order valence-corrected chi connectivity index (χ4v) is 5.28. The number of anilines is 1. The van der Waals surface area contributed by atoms with E-state index < -0.39 is 0 Å². The first-order valence-corrected chi connectivity index (χ1v) is 14.0. The van der Waals surface area contributed by atoms with Crippen LogP contribution in [0.3, 0.4) is 0 Å². The minimum Gasteiger partial charge on any atom is -0.353 e. The Morgan fingerprint density at radius 2 is 1.63 bits per heavy atom. The second-order valence-electron chi connectivity index (χ2n) is 9.53. The Kier molecular flexibility index (Phi) is 9.47. The molecule has 38 heavy (non-hydrogen) atoms. The van der Waals surface area contributed by atoms with E-state index in [1.54, 1.807) is 6.07 Å². The van der Waals surface area contributed by atoms with E-state index in [-0.39, 0.29) is 35.8 Å². The van der Waals surface area contributed by atoms with Crippen molar-refractivity contribution in [3.63, 3.8) is 0 Å². The van der Waals surface area contributed by atoms with Crippen LogP contribution < -0.4 is 15.5 Å². The largest absolute Gasteiger partial charge is 0.353 e. The molecule has 2 aromatic carbocycles. The molecule has 1 aliphatic rings. The molecular formula is C28H33ClN6O2S. The van der Waals surface area contributed by atoms with E-state index in [2.05, 4.69) is 25.5 Å². The van der Waals surface area contributed by atoms with E-state index in [0.29, 0.717) is 35.8 Å². The maximum atomic E-state index is 13.0. The lowest BCUT2D eigenvalue weighted by atomic mass is 9.99. The number of thioether (sulfide) groups is 1. The van der Waals surface area contributed by atoms with Crippen LogP contribution >= 0.6 is 23.4 Å². The highest BCUT2D eigenvalue weighted by Gasteiger charge is 2.29. The number of benzene rings is 2. The number of piperazine rings is 1. The normalized spacial score (nSPS) is 15.6. The Bertz CT molecular complexity index is 1190. The van der Waals surface area contributed by atoms with Gasteiger partial charge < -0.3 is 20.4 Å². The number of rotatable bonds is 8. The molecule has 0 spiro atoms. The van der Waals surface area contributed by atoms with Gasteiger partial charge in [-0.1, -0.05) is 84.0 Å². The Morgan fingerprint density at radius 1 is 1.00 bits per heavy atom. The molecule has 1 fully saturated rings. The average Bonchev–Trinajstić information content (AvgIpc) is 2.90. The van der Waals surface area contributed by atoms with Crippen LogP contribution in [0.15, 0.2) is 71.9 Å². The minimum absolute atomic E-state index is 0.00558. The molecule has 1 atom stereocenters. The van der Waals surface area contributed by atoms with E-state index in [4.69, 9.17) is 11.6 Å². The summed E-state index contributed by atoms with van der Waals surface area (Å²) in [6.45, 7) is 7.75. The first-order chi connectivity index (χ1) is 18.3. The number of carbonyl (C=O) groups is 2. The SMILES string of the molecule is CC(C)NC(=O)N1CCN(c2cc(Cl)nc(SCC(=O)NC(c3ccccc3)c3ccccc3)n2)CC1C. The predicted molar refractivity (Wildman–Crippen MR) is 153 cm³/mol. The summed E-state index contributed by atoms with van der Waals surface area (Å²) in [6, 6.07) is 21.3. The number of halogens is 1. The quantitative estimate of drug-likeness (QED) is 0.238. The molecular weight excluding hydrogens is 520 g/mol. The number of carbonyl (C=O) groups excluding carboxylic acids is 2. The fraction of sp³-hybridized carbons (Fsp3) is 0.357. The summed E-state index contributed by atoms with van der Waals surface area (Å²) in [5, 5.41) is 6.86. The van der Waals surface area contributed by atoms with Crippen molar-refractivity contribution in [2.75, 3.05) is 30.3 Å². The van der Waals surface area contributed by atoms with Crippen molar-refractivity contribution in [1.82, 2.24) is 25.5 Å². The molecule has 1 saturated heterocycles. The van der Waals surface area contributed by atoms with Crippen molar-refractivity contribution in [2.45, 2.75) is 44.1 Å². The number of hydrogen-bond donors (Lipinski definition) is 2. The number of aromatic nitrogens is 2. The lowest BCUT2D eigenvalue weighted by Gasteiger charge is -2.40. The zero-order valence-corrected chi connectivity index (χ0v) is 23.4. The molecule has 1 aromatic heterocycles. The van der Waals surface area contributed by atoms with Crippen molar-refractivity contribution < 1.29 is 9.59 Å². The highest BCUT2D eigenvalue weighted by molar-refractivity contribution is 7.99. The van der Waals surface area contributed by atoms with Gasteiger partial charge in [-0.15, -0.1) is 0 Å². The van der Waals surface area contributed by atoms with Crippen molar-refractivity contribution in [3.05, 3.63) is 83.0 Å². The zero-order valence-electron chi connectivity index (χ0n) is 21.8. The molecule has 0 saturated carbocycles. The Balaban J connectivity index is 1.39. The summed E-state index contributed by atoms with van der Waals surface area (Å²) >= 11 is 7.58. The Hall–Kier alpha value is -3.30. The molecule has 4 rings (SSSR count). The molecule has 0 radical (unpaired) electrons. The van der Waals surface area contributed by atoms with Crippen LogP contribution in [0.4, 0.5) is 10.6 Å². The van der Waals surface area contributed by atoms with Crippen molar-refractivity contribution in [3.8, 4) is 0 Å². The summed E-state index contributed by atoms with van der Waals surface area (Å²) in [5.74, 6) is 0.710. The van der Waals surface area contributed by atoms with Gasteiger partial charge in [-0.05, 0) is 31.9 Å². The highest BCUT2D eigenvalue weighted by Crippen LogP contribution is 2.25. The number of amides is 3. The molecule has 1 unspecified atom stereocenters. The number of nitrogens with zero attached hydrogens (tertiary/aromatic N) is 4. The molecule has 1 aliphatic heterocycles. The molecule has 0 bridgehead atoms. The summed E-state index contributed by atoms with van der Waals surface area (Å²) in [5.41, 5.74) is 2.02. The van der Waals surface area contributed by atoms with Gasteiger partial charge in [0.15, 0.2) is 5.16 Å². The van der Waals surface area contributed by atoms with Crippen LogP contribution in [0.25, 0.3) is 0 Å². The van der Waals surface area contributed by atoms with Crippen LogP contribution in [0, 0.1) is 0 Å². The van der Waals surface area contributed by atoms with Gasteiger partial charge in [0.2, 0.25) is 5.91 Å². The summed E-state index contributed by atoms with van der Waals surface area (Å²) in [7, 11) is 0. The van der Waals surface area contributed by atoms with E-state index >= 15 is 0 Å². The van der Waals surface area contributed by atoms with Gasteiger partial charge in [-0.3, -0.25) is 4.79 Å². The van der Waals surface area contributed by atoms with E-state index in [1.165, 1.54) is 11.8 Å². The predicted octanol–water partition coefficient (Wildman–Crippen LogP) is 4.76. The topological polar surface area (TPSA) is 90.5 Å². The third-order valence-corrected chi connectivity index (χ3v) is 7.23. The highest BCUT2D eigenvalue weighted by atomic mass is 35.5. The fourth-order valence-electron chi connectivity index (χ4n) is 4.39. The zero-order chi connectivity index (χ0) is 27.1. The van der Waals surface area contributed by atoms with E-state index in [0.717, 1.165) is 11.1 Å². The van der Waals surface area contributed by atoms with Gasteiger partial charge in [0.1, 0.15) is 11.0 Å². The molecule has 0 aliphatic carbocycles. The van der Waals surface area contributed by atoms with Crippen LogP contribution in [-0.2, 0) is 4.79 Å². The maximum Gasteiger partial charge on any atom is 0.317 e. The molecule has 2 heterocycles. The number of hydrogen-bond acceptors (Lipinski definition) is 6. The monoisotopic (exact) mass is 552 g/mol. The lowest BCUT2D eigenvalue weighted by Crippen LogP contribution is -2.57. The molecule has 3 aromatic rings. The van der Waals surface area contributed by atoms with Crippen LogP contribution in [-0.4, -0.2) is 64.3 Å². The van der Waals surface area contributed by atoms with Gasteiger partial charge in [-0.25, -0.2) is 14.8 Å². The van der Waals surface area contributed by atoms with Crippen LogP contribution in [0.2, 0.25) is 5.15 Å². The van der Waals surface area contributed by atoms with Gasteiger partial charge in [0.25, 0.3) is 0 Å². The van der Waals surface area contributed by atoms with E-state index in [9.17, 15) is 9.59 Å². The maximum absolute atomic E-state index is 13.0. The second kappa shape index (κ2) is 13.0. The third kappa shape index (κ3) is 7.39. The van der Waals surface area contributed by atoms with Crippen LogP contribution in [0.1, 0.15) is 37.9 Å². The van der Waals surface area contributed by atoms with Crippen molar-refractivity contribution in [2.24, 2.45) is 0 Å². The first-order valence-electron chi connectivity index (χ1n) is 12.7. The summed E-state index contributed by atoms with van der Waals surface area (Å²) in [6.07, 6.45) is 0. The van der Waals surface area contributed by atoms with Gasteiger partial charge in [0, 0.05) is 37.8 Å². The number of nitrogens with one attached hydrogen (secondary N) is 2. The lowest BCUT2D eigenvalue weighted by molar-refractivity contribution is -0.119. The second-order valence-corrected chi connectivity index (χ2v) is 10.9. The van der Waals surface area contributed by atoms with Crippen LogP contribution in [0.5, 0.6) is 0 Å². The van der Waals surface area contributed by atoms with Crippen molar-refractivity contribution in [1.29, 1.82) is 0 Å². The van der Waals surface area contributed by atoms with Gasteiger partial charge >= 0.3 is 6.03 Å². The summed E-state index contributed by atoms with van der Waals surface area (Å²) in [4.78, 5) is 38.4. The van der Waals surface area contributed by atoms with Crippen molar-refractivity contribution >= 4 is 41.1 Å². The molecule has 8 nitrogen and oxygen atoms in total. The average molecular weight is 553 g/mol. The number of urea groups is 1. The molecule has 10 heteroatoms. The van der Waals surface area contributed by atoms with E-state index in [1.807, 2.05) is 86.3 Å². The Morgan fingerprint density at radius 3 is 2.21 bits per heavy atom. The standard InChI is InChI=1S/C28H33ClN6O2S/c1-19(2)30-28(37)35-15-14-34(17-20(35)3)24-16-23(29)31-27(32-24)38-18-25(36)33-26(21-10-6-4-7-11-21)22-12-8-5-9-13-22/h4-13,16,19-20,26H,14-15,17-18H2,1-3H3,(H,30,37)(H,33,36). The molecule has 200 valence electrons. The van der Waals surface area contributed by atoms with Gasteiger partial charge in [0.05, 0.1) is 11.8 Å². The molecule has 2 N–H and O–H groups in total. The Labute approximate surface area is 233 Å². The van der Waals surface area contributed by atoms with Gasteiger partial charge in [-0.2, -0.15) is 0 Å². The third-order valence-electron chi connectivity index (χ3n) is 6.19. The smallest absolute Gasteiger partial charge is 0.317 e. The first kappa shape index (κ1) is 27.7.